The fourth-order valence-electron chi connectivity index (χ4n) is 2.60. The third-order valence-electron chi connectivity index (χ3n) is 4.03. The Kier molecular flexibility index (Phi) is 7.24. The van der Waals surface area contributed by atoms with Crippen LogP contribution < -0.4 is 4.74 Å². The van der Waals surface area contributed by atoms with E-state index in [2.05, 4.69) is 15.3 Å². The molecule has 2 heterocycles. The molecule has 3 rings (SSSR count). The maximum Gasteiger partial charge on any atom is 0.319 e. The predicted octanol–water partition coefficient (Wildman–Crippen LogP) is 4.43. The molecule has 3 aromatic rings. The Hall–Kier alpha value is -2.16. The van der Waals surface area contributed by atoms with Crippen molar-refractivity contribution in [3.05, 3.63) is 36.0 Å². The van der Waals surface area contributed by atoms with E-state index in [-0.39, 0.29) is 17.8 Å². The van der Waals surface area contributed by atoms with Crippen molar-refractivity contribution in [3.8, 4) is 16.9 Å². The maximum atomic E-state index is 12.3. The van der Waals surface area contributed by atoms with Crippen LogP contribution in [0.3, 0.4) is 0 Å². The summed E-state index contributed by atoms with van der Waals surface area (Å²) in [5, 5.41) is 3.40. The number of nitrogens with zero attached hydrogens (tertiary/aromatic N) is 2. The lowest BCUT2D eigenvalue weighted by Gasteiger charge is -2.12. The van der Waals surface area contributed by atoms with Crippen molar-refractivity contribution >= 4 is 39.3 Å². The van der Waals surface area contributed by atoms with Crippen molar-refractivity contribution in [3.63, 3.8) is 0 Å². The van der Waals surface area contributed by atoms with Gasteiger partial charge in [-0.1, -0.05) is 23.9 Å². The van der Waals surface area contributed by atoms with Crippen molar-refractivity contribution in [1.29, 1.82) is 0 Å². The summed E-state index contributed by atoms with van der Waals surface area (Å²) in [7, 11) is 1.65. The highest BCUT2D eigenvalue weighted by Gasteiger charge is 2.20. The van der Waals surface area contributed by atoms with Crippen LogP contribution in [0.25, 0.3) is 21.3 Å². The zero-order chi connectivity index (χ0) is 19.9. The maximum absolute atomic E-state index is 12.3. The molecular weight excluding hydrogens is 396 g/mol. The summed E-state index contributed by atoms with van der Waals surface area (Å²) in [6.45, 7) is 4.99. The van der Waals surface area contributed by atoms with Crippen molar-refractivity contribution in [2.24, 2.45) is 0 Å². The molecule has 0 aliphatic heterocycles. The predicted molar refractivity (Wildman–Crippen MR) is 112 cm³/mol. The first-order chi connectivity index (χ1) is 13.6. The molecule has 0 bridgehead atoms. The van der Waals surface area contributed by atoms with Crippen LogP contribution in [-0.4, -0.2) is 48.1 Å². The van der Waals surface area contributed by atoms with E-state index in [4.69, 9.17) is 14.2 Å². The van der Waals surface area contributed by atoms with Gasteiger partial charge in [-0.25, -0.2) is 9.97 Å². The van der Waals surface area contributed by atoms with Crippen LogP contribution in [0.2, 0.25) is 0 Å². The molecule has 0 radical (unpaired) electrons. The van der Waals surface area contributed by atoms with Crippen LogP contribution in [0.15, 0.2) is 41.0 Å². The van der Waals surface area contributed by atoms with Crippen LogP contribution in [-0.2, 0) is 14.3 Å². The van der Waals surface area contributed by atoms with Gasteiger partial charge in [-0.3, -0.25) is 4.79 Å². The molecule has 0 saturated heterocycles. The molecule has 0 amide bonds. The molecule has 1 aromatic carbocycles. The molecule has 0 aliphatic carbocycles. The van der Waals surface area contributed by atoms with Crippen LogP contribution in [0.4, 0.5) is 0 Å². The topological polar surface area (TPSA) is 70.5 Å². The third kappa shape index (κ3) is 4.81. The normalized spacial score (nSPS) is 12.1. The number of benzene rings is 1. The number of fused-ring (bicyclic) bond motifs is 1. The molecule has 0 saturated carbocycles. The summed E-state index contributed by atoms with van der Waals surface area (Å²) in [5.41, 5.74) is 2.10. The van der Waals surface area contributed by atoms with E-state index >= 15 is 0 Å². The first-order valence-electron chi connectivity index (χ1n) is 8.91. The molecule has 0 fully saturated rings. The molecule has 6 nitrogen and oxygen atoms in total. The number of hydrogen-bond acceptors (Lipinski definition) is 8. The lowest BCUT2D eigenvalue weighted by Crippen LogP contribution is -2.19. The Balaban J connectivity index is 1.81. The van der Waals surface area contributed by atoms with Gasteiger partial charge >= 0.3 is 5.97 Å². The van der Waals surface area contributed by atoms with E-state index in [1.54, 1.807) is 18.4 Å². The highest BCUT2D eigenvalue weighted by molar-refractivity contribution is 8.00. The molecule has 2 aromatic heterocycles. The Morgan fingerprint density at radius 3 is 2.71 bits per heavy atom. The standard InChI is InChI=1S/C20H22N2O4S2/c1-4-25-9-10-26-20(23)13(2)28-19-17-16(11-27-18(17)21-12-22-19)14-5-7-15(24-3)8-6-14/h5-8,11-13H,4,9-10H2,1-3H3/t13-/m0/s1. The molecule has 0 unspecified atom stereocenters. The van der Waals surface area contributed by atoms with Crippen molar-refractivity contribution in [1.82, 2.24) is 9.97 Å². The zero-order valence-corrected chi connectivity index (χ0v) is 17.6. The summed E-state index contributed by atoms with van der Waals surface area (Å²) in [6, 6.07) is 7.86. The number of thiophene rings is 1. The first kappa shape index (κ1) is 20.6. The van der Waals surface area contributed by atoms with Gasteiger partial charge in [0.1, 0.15) is 33.8 Å². The number of methoxy groups -OCH3 is 1. The Morgan fingerprint density at radius 2 is 2.00 bits per heavy atom. The Bertz CT molecular complexity index is 928. The molecule has 28 heavy (non-hydrogen) atoms. The Labute approximate surface area is 172 Å². The third-order valence-corrected chi connectivity index (χ3v) is 6.00. The second kappa shape index (κ2) is 9.86. The molecule has 0 N–H and O–H groups in total. The molecule has 1 atom stereocenters. The number of thioether (sulfide) groups is 1. The fraction of sp³-hybridized carbons (Fsp3) is 0.350. The second-order valence-electron chi connectivity index (χ2n) is 5.86. The summed E-state index contributed by atoms with van der Waals surface area (Å²) < 4.78 is 15.7. The number of esters is 1. The largest absolute Gasteiger partial charge is 0.497 e. The molecule has 0 aliphatic rings. The van der Waals surface area contributed by atoms with E-state index in [0.29, 0.717) is 13.2 Å². The number of rotatable bonds is 9. The molecule has 0 spiro atoms. The summed E-state index contributed by atoms with van der Waals surface area (Å²) >= 11 is 2.94. The van der Waals surface area contributed by atoms with Gasteiger partial charge in [0.05, 0.1) is 19.1 Å². The van der Waals surface area contributed by atoms with E-state index in [0.717, 1.165) is 32.1 Å². The minimum absolute atomic E-state index is 0.256. The summed E-state index contributed by atoms with van der Waals surface area (Å²) in [4.78, 5) is 22.0. The molecule has 148 valence electrons. The smallest absolute Gasteiger partial charge is 0.319 e. The van der Waals surface area contributed by atoms with Crippen LogP contribution in [0.5, 0.6) is 5.75 Å². The zero-order valence-electron chi connectivity index (χ0n) is 16.0. The van der Waals surface area contributed by atoms with Crippen molar-refractivity contribution in [2.45, 2.75) is 24.1 Å². The van der Waals surface area contributed by atoms with Crippen LogP contribution in [0, 0.1) is 0 Å². The number of aromatic nitrogens is 2. The van der Waals surface area contributed by atoms with Gasteiger partial charge in [-0.05, 0) is 31.5 Å². The SMILES string of the molecule is CCOCCOC(=O)[C@H](C)Sc1ncnc2scc(-c3ccc(OC)cc3)c12. The van der Waals surface area contributed by atoms with Gasteiger partial charge in [0.15, 0.2) is 0 Å². The van der Waals surface area contributed by atoms with Crippen LogP contribution in [0.1, 0.15) is 13.8 Å². The highest BCUT2D eigenvalue weighted by atomic mass is 32.2. The minimum atomic E-state index is -0.386. The Morgan fingerprint density at radius 1 is 1.21 bits per heavy atom. The second-order valence-corrected chi connectivity index (χ2v) is 8.05. The monoisotopic (exact) mass is 418 g/mol. The summed E-state index contributed by atoms with van der Waals surface area (Å²) in [5.74, 6) is 0.523. The highest BCUT2D eigenvalue weighted by Crippen LogP contribution is 2.39. The lowest BCUT2D eigenvalue weighted by molar-refractivity contribution is -0.144. The fourth-order valence-corrected chi connectivity index (χ4v) is 4.51. The lowest BCUT2D eigenvalue weighted by atomic mass is 10.1. The molecular formula is C20H22N2O4S2. The van der Waals surface area contributed by atoms with E-state index in [1.165, 1.54) is 18.1 Å². The minimum Gasteiger partial charge on any atom is -0.497 e. The van der Waals surface area contributed by atoms with Gasteiger partial charge in [-0.15, -0.1) is 11.3 Å². The van der Waals surface area contributed by atoms with E-state index in [1.807, 2.05) is 38.1 Å². The van der Waals surface area contributed by atoms with Crippen molar-refractivity contribution < 1.29 is 19.0 Å². The van der Waals surface area contributed by atoms with E-state index < -0.39 is 0 Å². The first-order valence-corrected chi connectivity index (χ1v) is 10.7. The number of ether oxygens (including phenoxy) is 3. The van der Waals surface area contributed by atoms with Gasteiger partial charge in [-0.2, -0.15) is 0 Å². The van der Waals surface area contributed by atoms with Crippen LogP contribution >= 0.6 is 23.1 Å². The van der Waals surface area contributed by atoms with Gasteiger partial charge in [0, 0.05) is 17.6 Å². The van der Waals surface area contributed by atoms with Crippen molar-refractivity contribution in [2.75, 3.05) is 26.9 Å². The molecule has 8 heteroatoms. The quantitative estimate of drug-likeness (QED) is 0.220. The number of carbonyl (C=O) groups is 1. The average Bonchev–Trinajstić information content (AvgIpc) is 3.16. The van der Waals surface area contributed by atoms with Gasteiger partial charge in [0.25, 0.3) is 0 Å². The van der Waals surface area contributed by atoms with E-state index in [9.17, 15) is 4.79 Å². The van der Waals surface area contributed by atoms with Gasteiger partial charge < -0.3 is 14.2 Å². The van der Waals surface area contributed by atoms with Gasteiger partial charge in [0.2, 0.25) is 0 Å². The number of carbonyl (C=O) groups excluding carboxylic acids is 1. The average molecular weight is 419 g/mol. The number of hydrogen-bond donors (Lipinski definition) is 0. The summed E-state index contributed by atoms with van der Waals surface area (Å²) in [6.07, 6.45) is 1.53.